The lowest BCUT2D eigenvalue weighted by Gasteiger charge is -2.30. The topological polar surface area (TPSA) is 70.4 Å². The van der Waals surface area contributed by atoms with Crippen LogP contribution in [0.4, 0.5) is 0 Å². The molecule has 1 aliphatic rings. The second-order valence-electron chi connectivity index (χ2n) is 6.26. The molecule has 0 unspecified atom stereocenters. The smallest absolute Gasteiger partial charge is 0.191 e. The van der Waals surface area contributed by atoms with Crippen molar-refractivity contribution in [3.05, 3.63) is 12.2 Å². The SMILES string of the molecule is CCn1cnnc1CNC(=NC)NCCCN1CCC(C)CC1.I. The van der Waals surface area contributed by atoms with E-state index >= 15 is 0 Å². The Kier molecular flexibility index (Phi) is 10.2. The summed E-state index contributed by atoms with van der Waals surface area (Å²) in [7, 11) is 1.80. The number of nitrogens with zero attached hydrogens (tertiary/aromatic N) is 5. The van der Waals surface area contributed by atoms with Gasteiger partial charge in [0, 0.05) is 20.1 Å². The minimum absolute atomic E-state index is 0. The third kappa shape index (κ3) is 6.92. The molecule has 0 radical (unpaired) electrons. The van der Waals surface area contributed by atoms with Gasteiger partial charge in [0.25, 0.3) is 0 Å². The van der Waals surface area contributed by atoms with Crippen LogP contribution in [-0.2, 0) is 13.1 Å². The van der Waals surface area contributed by atoms with E-state index in [9.17, 15) is 0 Å². The first-order valence-electron chi connectivity index (χ1n) is 8.76. The molecule has 1 aromatic heterocycles. The minimum Gasteiger partial charge on any atom is -0.356 e. The third-order valence-electron chi connectivity index (χ3n) is 4.49. The number of nitrogens with one attached hydrogen (secondary N) is 2. The summed E-state index contributed by atoms with van der Waals surface area (Å²) >= 11 is 0. The van der Waals surface area contributed by atoms with Crippen LogP contribution in [0.1, 0.15) is 38.9 Å². The Balaban J connectivity index is 0.00000288. The number of likely N-dealkylation sites (tertiary alicyclic amines) is 1. The highest BCUT2D eigenvalue weighted by molar-refractivity contribution is 14.0. The second-order valence-corrected chi connectivity index (χ2v) is 6.26. The Bertz CT molecular complexity index is 481. The molecule has 2 N–H and O–H groups in total. The van der Waals surface area contributed by atoms with E-state index in [-0.39, 0.29) is 24.0 Å². The maximum atomic E-state index is 4.26. The van der Waals surface area contributed by atoms with E-state index in [1.54, 1.807) is 13.4 Å². The first-order chi connectivity index (χ1) is 11.2. The van der Waals surface area contributed by atoms with Gasteiger partial charge >= 0.3 is 0 Å². The maximum absolute atomic E-state index is 4.26. The van der Waals surface area contributed by atoms with Crippen LogP contribution in [0, 0.1) is 5.92 Å². The zero-order valence-electron chi connectivity index (χ0n) is 15.2. The summed E-state index contributed by atoms with van der Waals surface area (Å²) in [4.78, 5) is 6.83. The van der Waals surface area contributed by atoms with Gasteiger partial charge in [-0.05, 0) is 51.7 Å². The predicted molar refractivity (Wildman–Crippen MR) is 109 cm³/mol. The summed E-state index contributed by atoms with van der Waals surface area (Å²) in [5.74, 6) is 2.65. The predicted octanol–water partition coefficient (Wildman–Crippen LogP) is 1.70. The molecule has 0 bridgehead atoms. The van der Waals surface area contributed by atoms with E-state index in [1.807, 2.05) is 4.57 Å². The number of hydrogen-bond donors (Lipinski definition) is 2. The molecule has 1 aromatic rings. The van der Waals surface area contributed by atoms with Crippen molar-refractivity contribution < 1.29 is 0 Å². The lowest BCUT2D eigenvalue weighted by atomic mass is 9.99. The molecule has 24 heavy (non-hydrogen) atoms. The van der Waals surface area contributed by atoms with E-state index in [4.69, 9.17) is 0 Å². The minimum atomic E-state index is 0. The lowest BCUT2D eigenvalue weighted by molar-refractivity contribution is 0.191. The Hall–Kier alpha value is -0.900. The summed E-state index contributed by atoms with van der Waals surface area (Å²) in [6, 6.07) is 0. The van der Waals surface area contributed by atoms with E-state index in [2.05, 4.69) is 44.6 Å². The number of hydrogen-bond acceptors (Lipinski definition) is 4. The maximum Gasteiger partial charge on any atom is 0.191 e. The monoisotopic (exact) mass is 449 g/mol. The van der Waals surface area contributed by atoms with Crippen molar-refractivity contribution >= 4 is 29.9 Å². The van der Waals surface area contributed by atoms with Gasteiger partial charge in [-0.25, -0.2) is 0 Å². The molecule has 0 atom stereocenters. The van der Waals surface area contributed by atoms with Gasteiger partial charge in [-0.1, -0.05) is 6.92 Å². The average Bonchev–Trinajstić information content (AvgIpc) is 3.03. The van der Waals surface area contributed by atoms with E-state index in [1.165, 1.54) is 32.5 Å². The molecular formula is C16H32IN7. The van der Waals surface area contributed by atoms with Gasteiger partial charge < -0.3 is 20.1 Å². The number of aromatic nitrogens is 3. The average molecular weight is 449 g/mol. The summed E-state index contributed by atoms with van der Waals surface area (Å²) < 4.78 is 2.03. The van der Waals surface area contributed by atoms with Crippen molar-refractivity contribution in [1.82, 2.24) is 30.3 Å². The quantitative estimate of drug-likeness (QED) is 0.287. The fourth-order valence-corrected chi connectivity index (χ4v) is 2.86. The van der Waals surface area contributed by atoms with Crippen LogP contribution in [0.5, 0.6) is 0 Å². The highest BCUT2D eigenvalue weighted by atomic mass is 127. The van der Waals surface area contributed by atoms with Gasteiger partial charge in [-0.2, -0.15) is 0 Å². The van der Waals surface area contributed by atoms with Crippen LogP contribution < -0.4 is 10.6 Å². The van der Waals surface area contributed by atoms with Crippen LogP contribution in [0.15, 0.2) is 11.3 Å². The summed E-state index contributed by atoms with van der Waals surface area (Å²) in [6.07, 6.45) is 5.58. The van der Waals surface area contributed by atoms with E-state index in [0.717, 1.165) is 37.2 Å². The molecule has 0 spiro atoms. The number of halogens is 1. The Morgan fingerprint density at radius 2 is 2.08 bits per heavy atom. The van der Waals surface area contributed by atoms with Gasteiger partial charge in [-0.3, -0.25) is 4.99 Å². The number of rotatable bonds is 7. The van der Waals surface area contributed by atoms with Crippen LogP contribution in [0.2, 0.25) is 0 Å². The van der Waals surface area contributed by atoms with Crippen molar-refractivity contribution in [2.45, 2.75) is 46.2 Å². The molecule has 1 fully saturated rings. The van der Waals surface area contributed by atoms with Crippen LogP contribution in [0.3, 0.4) is 0 Å². The third-order valence-corrected chi connectivity index (χ3v) is 4.49. The summed E-state index contributed by atoms with van der Waals surface area (Å²) in [5.41, 5.74) is 0. The van der Waals surface area contributed by atoms with Crippen LogP contribution in [-0.4, -0.2) is 58.9 Å². The van der Waals surface area contributed by atoms with Gasteiger partial charge in [0.2, 0.25) is 0 Å². The van der Waals surface area contributed by atoms with Crippen molar-refractivity contribution in [3.63, 3.8) is 0 Å². The first kappa shape index (κ1) is 21.1. The van der Waals surface area contributed by atoms with Gasteiger partial charge in [0.15, 0.2) is 11.8 Å². The Morgan fingerprint density at radius 1 is 1.33 bits per heavy atom. The number of aryl methyl sites for hydroxylation is 1. The Morgan fingerprint density at radius 3 is 2.75 bits per heavy atom. The summed E-state index contributed by atoms with van der Waals surface area (Å²) in [6.45, 7) is 10.6. The molecule has 8 heteroatoms. The molecule has 0 amide bonds. The molecule has 1 saturated heterocycles. The number of guanidine groups is 1. The van der Waals surface area contributed by atoms with Crippen molar-refractivity contribution in [1.29, 1.82) is 0 Å². The molecule has 138 valence electrons. The normalized spacial score (nSPS) is 16.7. The molecule has 0 aromatic carbocycles. The lowest BCUT2D eigenvalue weighted by Crippen LogP contribution is -2.39. The van der Waals surface area contributed by atoms with Crippen molar-refractivity contribution in [2.24, 2.45) is 10.9 Å². The number of piperidine rings is 1. The van der Waals surface area contributed by atoms with Gasteiger partial charge in [-0.15, -0.1) is 34.2 Å². The fourth-order valence-electron chi connectivity index (χ4n) is 2.86. The zero-order chi connectivity index (χ0) is 16.5. The molecule has 0 saturated carbocycles. The molecule has 0 aliphatic carbocycles. The highest BCUT2D eigenvalue weighted by Crippen LogP contribution is 2.15. The second kappa shape index (κ2) is 11.6. The largest absolute Gasteiger partial charge is 0.356 e. The van der Waals surface area contributed by atoms with Crippen LogP contribution >= 0.6 is 24.0 Å². The molecule has 2 heterocycles. The molecule has 2 rings (SSSR count). The Labute approximate surface area is 162 Å². The van der Waals surface area contributed by atoms with Gasteiger partial charge in [0.1, 0.15) is 6.33 Å². The summed E-state index contributed by atoms with van der Waals surface area (Å²) in [5, 5.41) is 14.7. The van der Waals surface area contributed by atoms with Gasteiger partial charge in [0.05, 0.1) is 6.54 Å². The fraction of sp³-hybridized carbons (Fsp3) is 0.812. The van der Waals surface area contributed by atoms with Crippen LogP contribution in [0.25, 0.3) is 0 Å². The number of aliphatic imine (C=N–C) groups is 1. The first-order valence-corrected chi connectivity index (χ1v) is 8.76. The highest BCUT2D eigenvalue weighted by Gasteiger charge is 2.14. The van der Waals surface area contributed by atoms with Crippen molar-refractivity contribution in [2.75, 3.05) is 33.2 Å². The zero-order valence-corrected chi connectivity index (χ0v) is 17.5. The van der Waals surface area contributed by atoms with E-state index in [0.29, 0.717) is 6.54 Å². The standard InChI is InChI=1S/C16H31N7.HI/c1-4-23-13-20-21-15(23)12-19-16(17-3)18-8-5-9-22-10-6-14(2)7-11-22;/h13-14H,4-12H2,1-3H3,(H2,17,18,19);1H. The molecule has 7 nitrogen and oxygen atoms in total. The van der Waals surface area contributed by atoms with E-state index < -0.39 is 0 Å². The molecule has 1 aliphatic heterocycles. The molecular weight excluding hydrogens is 417 g/mol. The van der Waals surface area contributed by atoms with Crippen molar-refractivity contribution in [3.8, 4) is 0 Å².